The SMILES string of the molecule is CC(=O)SC1CC(=O)N(c2ccc3c(c2)NC(=O)CC3)C1. The molecule has 2 heterocycles. The van der Waals surface area contributed by atoms with Gasteiger partial charge in [0.1, 0.15) is 0 Å². The molecule has 2 aliphatic rings. The third-order valence-corrected chi connectivity index (χ3v) is 4.70. The molecule has 0 bridgehead atoms. The summed E-state index contributed by atoms with van der Waals surface area (Å²) in [5.74, 6) is 0.0354. The second kappa shape index (κ2) is 5.52. The lowest BCUT2D eigenvalue weighted by Crippen LogP contribution is -2.26. The second-order valence-corrected chi connectivity index (χ2v) is 6.81. The molecule has 6 heteroatoms. The van der Waals surface area contributed by atoms with Gasteiger partial charge in [0.05, 0.1) is 0 Å². The van der Waals surface area contributed by atoms with Crippen LogP contribution < -0.4 is 10.2 Å². The van der Waals surface area contributed by atoms with E-state index in [9.17, 15) is 14.4 Å². The van der Waals surface area contributed by atoms with E-state index in [2.05, 4.69) is 5.32 Å². The normalized spacial score (nSPS) is 21.2. The van der Waals surface area contributed by atoms with Crippen molar-refractivity contribution >= 4 is 40.1 Å². The van der Waals surface area contributed by atoms with Gasteiger partial charge in [-0.3, -0.25) is 14.4 Å². The zero-order chi connectivity index (χ0) is 15.0. The number of thioether (sulfide) groups is 1. The maximum Gasteiger partial charge on any atom is 0.228 e. The summed E-state index contributed by atoms with van der Waals surface area (Å²) in [7, 11) is 0. The van der Waals surface area contributed by atoms with Crippen molar-refractivity contribution < 1.29 is 14.4 Å². The van der Waals surface area contributed by atoms with Crippen molar-refractivity contribution in [1.82, 2.24) is 0 Å². The van der Waals surface area contributed by atoms with Crippen LogP contribution in [-0.2, 0) is 20.8 Å². The summed E-state index contributed by atoms with van der Waals surface area (Å²) in [4.78, 5) is 36.4. The maximum atomic E-state index is 12.1. The van der Waals surface area contributed by atoms with Crippen molar-refractivity contribution in [3.8, 4) is 0 Å². The third kappa shape index (κ3) is 2.95. The largest absolute Gasteiger partial charge is 0.326 e. The molecule has 1 saturated heterocycles. The molecule has 5 nitrogen and oxygen atoms in total. The van der Waals surface area contributed by atoms with Gasteiger partial charge in [0.2, 0.25) is 11.8 Å². The van der Waals surface area contributed by atoms with Gasteiger partial charge in [-0.1, -0.05) is 17.8 Å². The number of aryl methyl sites for hydroxylation is 1. The minimum Gasteiger partial charge on any atom is -0.326 e. The minimum atomic E-state index is 0.0115. The number of nitrogens with one attached hydrogen (secondary N) is 1. The smallest absolute Gasteiger partial charge is 0.228 e. The number of anilines is 2. The predicted octanol–water partition coefficient (Wildman–Crippen LogP) is 1.96. The number of benzene rings is 1. The Morgan fingerprint density at radius 2 is 2.14 bits per heavy atom. The lowest BCUT2D eigenvalue weighted by Gasteiger charge is -2.21. The molecule has 1 N–H and O–H groups in total. The maximum absolute atomic E-state index is 12.1. The summed E-state index contributed by atoms with van der Waals surface area (Å²) < 4.78 is 0. The highest BCUT2D eigenvalue weighted by Crippen LogP contribution is 2.32. The standard InChI is InChI=1S/C15H16N2O3S/c1-9(18)21-12-7-15(20)17(8-12)11-4-2-10-3-5-14(19)16-13(10)6-11/h2,4,6,12H,3,5,7-8H2,1H3,(H,16,19). The van der Waals surface area contributed by atoms with Crippen molar-refractivity contribution in [2.24, 2.45) is 0 Å². The van der Waals surface area contributed by atoms with Gasteiger partial charge in [-0.15, -0.1) is 0 Å². The van der Waals surface area contributed by atoms with Gasteiger partial charge in [-0.2, -0.15) is 0 Å². The highest BCUT2D eigenvalue weighted by Gasteiger charge is 2.32. The van der Waals surface area contributed by atoms with Gasteiger partial charge in [0, 0.05) is 42.9 Å². The minimum absolute atomic E-state index is 0.0115. The van der Waals surface area contributed by atoms with Crippen molar-refractivity contribution in [2.45, 2.75) is 31.4 Å². The Morgan fingerprint density at radius 1 is 1.33 bits per heavy atom. The van der Waals surface area contributed by atoms with Crippen LogP contribution >= 0.6 is 11.8 Å². The van der Waals surface area contributed by atoms with Crippen LogP contribution in [-0.4, -0.2) is 28.7 Å². The number of carbonyl (C=O) groups is 3. The third-order valence-electron chi connectivity index (χ3n) is 3.72. The predicted molar refractivity (Wildman–Crippen MR) is 82.4 cm³/mol. The summed E-state index contributed by atoms with van der Waals surface area (Å²) >= 11 is 1.22. The molecular formula is C15H16N2O3S. The van der Waals surface area contributed by atoms with E-state index < -0.39 is 0 Å². The number of rotatable bonds is 2. The van der Waals surface area contributed by atoms with Gasteiger partial charge in [-0.25, -0.2) is 0 Å². The fraction of sp³-hybridized carbons (Fsp3) is 0.400. The average molecular weight is 304 g/mol. The fourth-order valence-corrected chi connectivity index (χ4v) is 3.68. The molecule has 2 aliphatic heterocycles. The molecule has 0 radical (unpaired) electrons. The van der Waals surface area contributed by atoms with Crippen LogP contribution in [0, 0.1) is 0 Å². The lowest BCUT2D eigenvalue weighted by atomic mass is 10.0. The van der Waals surface area contributed by atoms with E-state index >= 15 is 0 Å². The van der Waals surface area contributed by atoms with Gasteiger partial charge < -0.3 is 10.2 Å². The van der Waals surface area contributed by atoms with E-state index in [-0.39, 0.29) is 22.2 Å². The zero-order valence-corrected chi connectivity index (χ0v) is 12.5. The number of carbonyl (C=O) groups excluding carboxylic acids is 3. The summed E-state index contributed by atoms with van der Waals surface area (Å²) in [6.07, 6.45) is 1.62. The molecule has 21 heavy (non-hydrogen) atoms. The molecule has 1 unspecified atom stereocenters. The van der Waals surface area contributed by atoms with Gasteiger partial charge in [0.15, 0.2) is 5.12 Å². The van der Waals surface area contributed by atoms with E-state index in [0.29, 0.717) is 19.4 Å². The molecule has 1 atom stereocenters. The van der Waals surface area contributed by atoms with Crippen LogP contribution in [0.4, 0.5) is 11.4 Å². The number of amides is 2. The molecule has 0 aromatic heterocycles. The molecule has 3 rings (SSSR count). The summed E-state index contributed by atoms with van der Waals surface area (Å²) in [5.41, 5.74) is 2.67. The summed E-state index contributed by atoms with van der Waals surface area (Å²) in [6.45, 7) is 2.06. The summed E-state index contributed by atoms with van der Waals surface area (Å²) in [6, 6.07) is 5.73. The van der Waals surface area contributed by atoms with Gasteiger partial charge in [0.25, 0.3) is 0 Å². The molecular weight excluding hydrogens is 288 g/mol. The Kier molecular flexibility index (Phi) is 3.71. The van der Waals surface area contributed by atoms with E-state index in [1.165, 1.54) is 18.7 Å². The van der Waals surface area contributed by atoms with Crippen LogP contribution in [0.3, 0.4) is 0 Å². The number of fused-ring (bicyclic) bond motifs is 1. The molecule has 0 saturated carbocycles. The van der Waals surface area contributed by atoms with E-state index in [4.69, 9.17) is 0 Å². The first-order valence-corrected chi connectivity index (χ1v) is 7.81. The van der Waals surface area contributed by atoms with Crippen LogP contribution in [0.15, 0.2) is 18.2 Å². The Bertz CT molecular complexity index is 629. The molecule has 0 spiro atoms. The summed E-state index contributed by atoms with van der Waals surface area (Å²) in [5, 5.41) is 2.89. The molecule has 1 fully saturated rings. The van der Waals surface area contributed by atoms with Crippen LogP contribution in [0.5, 0.6) is 0 Å². The van der Waals surface area contributed by atoms with E-state index in [1.807, 2.05) is 18.2 Å². The van der Waals surface area contributed by atoms with Gasteiger partial charge in [-0.05, 0) is 24.1 Å². The quantitative estimate of drug-likeness (QED) is 0.907. The monoisotopic (exact) mass is 304 g/mol. The molecule has 0 aliphatic carbocycles. The highest BCUT2D eigenvalue weighted by molar-refractivity contribution is 8.14. The molecule has 1 aromatic rings. The first-order valence-electron chi connectivity index (χ1n) is 6.93. The van der Waals surface area contributed by atoms with E-state index in [0.717, 1.165) is 23.4 Å². The second-order valence-electron chi connectivity index (χ2n) is 5.33. The number of nitrogens with zero attached hydrogens (tertiary/aromatic N) is 1. The first kappa shape index (κ1) is 14.1. The zero-order valence-electron chi connectivity index (χ0n) is 11.7. The van der Waals surface area contributed by atoms with Crippen molar-refractivity contribution in [2.75, 3.05) is 16.8 Å². The van der Waals surface area contributed by atoms with Crippen LogP contribution in [0.25, 0.3) is 0 Å². The highest BCUT2D eigenvalue weighted by atomic mass is 32.2. The Balaban J connectivity index is 1.81. The molecule has 1 aromatic carbocycles. The van der Waals surface area contributed by atoms with Crippen molar-refractivity contribution in [3.05, 3.63) is 23.8 Å². The lowest BCUT2D eigenvalue weighted by molar-refractivity contribution is -0.117. The van der Waals surface area contributed by atoms with Crippen LogP contribution in [0.2, 0.25) is 0 Å². The van der Waals surface area contributed by atoms with Crippen molar-refractivity contribution in [3.63, 3.8) is 0 Å². The van der Waals surface area contributed by atoms with E-state index in [1.54, 1.807) is 4.90 Å². The Hall–Kier alpha value is -1.82. The van der Waals surface area contributed by atoms with Gasteiger partial charge >= 0.3 is 0 Å². The topological polar surface area (TPSA) is 66.5 Å². The number of hydrogen-bond acceptors (Lipinski definition) is 4. The fourth-order valence-electron chi connectivity index (χ4n) is 2.77. The Morgan fingerprint density at radius 3 is 2.90 bits per heavy atom. The van der Waals surface area contributed by atoms with Crippen molar-refractivity contribution in [1.29, 1.82) is 0 Å². The Labute approximate surface area is 127 Å². The molecule has 110 valence electrons. The average Bonchev–Trinajstić information content (AvgIpc) is 2.77. The van der Waals surface area contributed by atoms with Crippen LogP contribution in [0.1, 0.15) is 25.3 Å². The molecule has 2 amide bonds. The first-order chi connectivity index (χ1) is 10.0. The number of hydrogen-bond donors (Lipinski definition) is 1.